The van der Waals surface area contributed by atoms with E-state index in [4.69, 9.17) is 0 Å². The highest BCUT2D eigenvalue weighted by Gasteiger charge is 2.38. The van der Waals surface area contributed by atoms with Crippen LogP contribution in [0.15, 0.2) is 53.4 Å². The Hall–Kier alpha value is -3.04. The number of halogens is 1. The van der Waals surface area contributed by atoms with Gasteiger partial charge in [0.25, 0.3) is 0 Å². The second-order valence-corrected chi connectivity index (χ2v) is 8.97. The molecule has 0 saturated carbocycles. The van der Waals surface area contributed by atoms with Crippen LogP contribution in [0.3, 0.4) is 0 Å². The second kappa shape index (κ2) is 7.41. The minimum atomic E-state index is -3.67. The molecular weight excluding hydrogens is 395 g/mol. The number of amides is 1. The molecule has 0 spiro atoms. The molecule has 1 aliphatic heterocycles. The lowest BCUT2D eigenvalue weighted by atomic mass is 10.1. The molecule has 1 atom stereocenters. The molecule has 0 saturated heterocycles. The van der Waals surface area contributed by atoms with Crippen molar-refractivity contribution in [1.29, 1.82) is 0 Å². The standard InChI is InChI=1S/C20H19FN4O3S/c1-12-3-2-4-15(9-12)29(27,28)20-18-16(11-22-20)19(25-24-18)23-17(26)10-13-5-7-14(21)8-6-13/h2-9,20,22H,10-11H2,1H3,(H2,23,24,25,26). The van der Waals surface area contributed by atoms with Gasteiger partial charge in [-0.25, -0.2) is 12.8 Å². The van der Waals surface area contributed by atoms with Crippen LogP contribution in [0.5, 0.6) is 0 Å². The zero-order valence-corrected chi connectivity index (χ0v) is 16.4. The Balaban J connectivity index is 1.53. The highest BCUT2D eigenvalue weighted by molar-refractivity contribution is 7.91. The van der Waals surface area contributed by atoms with Crippen LogP contribution < -0.4 is 10.6 Å². The summed E-state index contributed by atoms with van der Waals surface area (Å²) in [6, 6.07) is 12.4. The molecule has 0 bridgehead atoms. The van der Waals surface area contributed by atoms with Crippen LogP contribution in [-0.4, -0.2) is 24.5 Å². The first-order chi connectivity index (χ1) is 13.8. The molecule has 9 heteroatoms. The number of nitrogens with one attached hydrogen (secondary N) is 3. The van der Waals surface area contributed by atoms with Crippen molar-refractivity contribution in [3.63, 3.8) is 0 Å². The Labute approximate surface area is 167 Å². The summed E-state index contributed by atoms with van der Waals surface area (Å²) in [5.41, 5.74) is 2.54. The van der Waals surface area contributed by atoms with E-state index in [0.29, 0.717) is 22.6 Å². The number of carbonyl (C=O) groups excluding carboxylic acids is 1. The number of aryl methyl sites for hydroxylation is 1. The molecule has 1 aromatic heterocycles. The van der Waals surface area contributed by atoms with Crippen LogP contribution in [0.25, 0.3) is 0 Å². The first-order valence-corrected chi connectivity index (χ1v) is 10.5. The third-order valence-corrected chi connectivity index (χ3v) is 6.72. The highest BCUT2D eigenvalue weighted by Crippen LogP contribution is 2.35. The summed E-state index contributed by atoms with van der Waals surface area (Å²) in [5.74, 6) is -0.399. The fourth-order valence-electron chi connectivity index (χ4n) is 3.33. The Morgan fingerprint density at radius 3 is 2.72 bits per heavy atom. The Morgan fingerprint density at radius 1 is 1.24 bits per heavy atom. The van der Waals surface area contributed by atoms with Gasteiger partial charge in [-0.3, -0.25) is 15.2 Å². The normalized spacial score (nSPS) is 15.9. The van der Waals surface area contributed by atoms with E-state index < -0.39 is 15.2 Å². The van der Waals surface area contributed by atoms with Crippen LogP contribution in [0, 0.1) is 12.7 Å². The summed E-state index contributed by atoms with van der Waals surface area (Å²) in [4.78, 5) is 12.5. The summed E-state index contributed by atoms with van der Waals surface area (Å²) in [6.07, 6.45) is 0.0559. The molecule has 7 nitrogen and oxygen atoms in total. The molecule has 3 N–H and O–H groups in total. The molecule has 1 aliphatic rings. The van der Waals surface area contributed by atoms with Gasteiger partial charge in [-0.2, -0.15) is 5.10 Å². The van der Waals surface area contributed by atoms with Crippen molar-refractivity contribution >= 4 is 21.6 Å². The largest absolute Gasteiger partial charge is 0.309 e. The van der Waals surface area contributed by atoms with Gasteiger partial charge in [0.2, 0.25) is 5.91 Å². The lowest BCUT2D eigenvalue weighted by molar-refractivity contribution is -0.115. The molecule has 2 aromatic carbocycles. The second-order valence-electron chi connectivity index (χ2n) is 6.94. The molecule has 0 fully saturated rings. The number of fused-ring (bicyclic) bond motifs is 1. The van der Waals surface area contributed by atoms with Gasteiger partial charge in [0.05, 0.1) is 17.0 Å². The highest BCUT2D eigenvalue weighted by atomic mass is 32.2. The number of carbonyl (C=O) groups is 1. The van der Waals surface area contributed by atoms with Crippen molar-refractivity contribution < 1.29 is 17.6 Å². The zero-order valence-electron chi connectivity index (χ0n) is 15.6. The lowest BCUT2D eigenvalue weighted by Gasteiger charge is -2.12. The average Bonchev–Trinajstić information content (AvgIpc) is 3.27. The van der Waals surface area contributed by atoms with Crippen LogP contribution in [0.1, 0.15) is 27.8 Å². The topological polar surface area (TPSA) is 104 Å². The number of hydrogen-bond donors (Lipinski definition) is 3. The van der Waals surface area contributed by atoms with E-state index >= 15 is 0 Å². The number of rotatable bonds is 5. The van der Waals surface area contributed by atoms with Crippen molar-refractivity contribution in [2.75, 3.05) is 5.32 Å². The third kappa shape index (κ3) is 3.79. The fraction of sp³-hybridized carbons (Fsp3) is 0.200. The first kappa shape index (κ1) is 19.3. The molecule has 2 heterocycles. The smallest absolute Gasteiger partial charge is 0.230 e. The zero-order chi connectivity index (χ0) is 20.6. The number of H-pyrrole nitrogens is 1. The summed E-state index contributed by atoms with van der Waals surface area (Å²) in [7, 11) is -3.67. The van der Waals surface area contributed by atoms with E-state index in [-0.39, 0.29) is 29.6 Å². The van der Waals surface area contributed by atoms with Gasteiger partial charge in [0, 0.05) is 12.1 Å². The van der Waals surface area contributed by atoms with E-state index in [9.17, 15) is 17.6 Å². The molecule has 29 heavy (non-hydrogen) atoms. The van der Waals surface area contributed by atoms with Gasteiger partial charge in [0.15, 0.2) is 21.0 Å². The molecule has 1 amide bonds. The van der Waals surface area contributed by atoms with Crippen molar-refractivity contribution in [2.45, 2.75) is 30.2 Å². The summed E-state index contributed by atoms with van der Waals surface area (Å²) >= 11 is 0. The minimum Gasteiger partial charge on any atom is -0.309 e. The molecule has 0 radical (unpaired) electrons. The van der Waals surface area contributed by atoms with E-state index in [0.717, 1.165) is 5.56 Å². The fourth-order valence-corrected chi connectivity index (χ4v) is 5.03. The van der Waals surface area contributed by atoms with Gasteiger partial charge in [-0.05, 0) is 42.3 Å². The lowest BCUT2D eigenvalue weighted by Crippen LogP contribution is -2.23. The number of nitrogens with zero attached hydrogens (tertiary/aromatic N) is 1. The Kier molecular flexibility index (Phi) is 4.93. The maximum atomic E-state index is 13.0. The molecule has 0 aliphatic carbocycles. The number of aromatic nitrogens is 2. The molecular formula is C20H19FN4O3S. The predicted octanol–water partition coefficient (Wildman–Crippen LogP) is 2.61. The van der Waals surface area contributed by atoms with Crippen molar-refractivity contribution in [3.8, 4) is 0 Å². The van der Waals surface area contributed by atoms with E-state index in [1.165, 1.54) is 24.3 Å². The van der Waals surface area contributed by atoms with E-state index in [1.54, 1.807) is 18.2 Å². The number of hydrogen-bond acceptors (Lipinski definition) is 5. The van der Waals surface area contributed by atoms with Crippen LogP contribution in [-0.2, 0) is 27.6 Å². The van der Waals surface area contributed by atoms with Crippen molar-refractivity contribution in [2.24, 2.45) is 0 Å². The van der Waals surface area contributed by atoms with Gasteiger partial charge in [0.1, 0.15) is 5.82 Å². The number of anilines is 1. The van der Waals surface area contributed by atoms with Gasteiger partial charge >= 0.3 is 0 Å². The summed E-state index contributed by atoms with van der Waals surface area (Å²) < 4.78 is 39.0. The number of aromatic amines is 1. The molecule has 4 rings (SSSR count). The SMILES string of the molecule is Cc1cccc(S(=O)(=O)C2NCc3c(NC(=O)Cc4ccc(F)cc4)n[nH]c32)c1. The monoisotopic (exact) mass is 414 g/mol. The molecule has 150 valence electrons. The number of benzene rings is 2. The maximum absolute atomic E-state index is 13.0. The van der Waals surface area contributed by atoms with Crippen LogP contribution in [0.2, 0.25) is 0 Å². The van der Waals surface area contributed by atoms with Gasteiger partial charge in [-0.15, -0.1) is 0 Å². The summed E-state index contributed by atoms with van der Waals surface area (Å²) in [5, 5.41) is 11.5. The van der Waals surface area contributed by atoms with Crippen molar-refractivity contribution in [3.05, 3.63) is 76.7 Å². The molecule has 1 unspecified atom stereocenters. The Morgan fingerprint density at radius 2 is 2.00 bits per heavy atom. The van der Waals surface area contributed by atoms with Gasteiger partial charge in [-0.1, -0.05) is 24.3 Å². The van der Waals surface area contributed by atoms with Crippen LogP contribution >= 0.6 is 0 Å². The van der Waals surface area contributed by atoms with Crippen LogP contribution in [0.4, 0.5) is 10.2 Å². The first-order valence-electron chi connectivity index (χ1n) is 9.00. The van der Waals surface area contributed by atoms with E-state index in [2.05, 4.69) is 20.8 Å². The van der Waals surface area contributed by atoms with E-state index in [1.807, 2.05) is 13.0 Å². The van der Waals surface area contributed by atoms with Gasteiger partial charge < -0.3 is 5.32 Å². The Bertz CT molecular complexity index is 1170. The summed E-state index contributed by atoms with van der Waals surface area (Å²) in [6.45, 7) is 2.09. The van der Waals surface area contributed by atoms with Crippen molar-refractivity contribution in [1.82, 2.24) is 15.5 Å². The third-order valence-electron chi connectivity index (χ3n) is 4.79. The minimum absolute atomic E-state index is 0.0559. The predicted molar refractivity (Wildman–Crippen MR) is 105 cm³/mol. The quantitative estimate of drug-likeness (QED) is 0.595. The maximum Gasteiger partial charge on any atom is 0.230 e. The average molecular weight is 414 g/mol. The number of sulfone groups is 1. The molecule has 3 aromatic rings.